The van der Waals surface area contributed by atoms with Gasteiger partial charge in [-0.3, -0.25) is 0 Å². The van der Waals surface area contributed by atoms with Gasteiger partial charge in [-0.1, -0.05) is 90.4 Å². The number of unbranched alkanes of at least 4 members (excludes halogenated alkanes) is 13. The molecule has 0 unspecified atom stereocenters. The number of ether oxygens (including phenoxy) is 9. The van der Waals surface area contributed by atoms with E-state index in [-0.39, 0.29) is 0 Å². The first kappa shape index (κ1) is 43.6. The predicted octanol–water partition coefficient (Wildman–Crippen LogP) is 5.58. The van der Waals surface area contributed by atoms with Gasteiger partial charge >= 0.3 is 0 Å². The van der Waals surface area contributed by atoms with Gasteiger partial charge in [0, 0.05) is 13.2 Å². The number of rotatable bonds is 41. The van der Waals surface area contributed by atoms with Crippen molar-refractivity contribution >= 4 is 0 Å². The van der Waals surface area contributed by atoms with E-state index >= 15 is 0 Å². The Balaban J connectivity index is 3.03. The van der Waals surface area contributed by atoms with E-state index in [2.05, 4.69) is 6.92 Å². The molecule has 0 heterocycles. The molecule has 0 spiro atoms. The van der Waals surface area contributed by atoms with Gasteiger partial charge < -0.3 is 48.4 Å². The summed E-state index contributed by atoms with van der Waals surface area (Å²) in [4.78, 5) is 0. The summed E-state index contributed by atoms with van der Waals surface area (Å²) in [6.07, 6.45) is 19.3. The van der Waals surface area contributed by atoms with Crippen LogP contribution in [0.3, 0.4) is 0 Å². The first-order chi connectivity index (χ1) is 21.9. The van der Waals surface area contributed by atoms with E-state index in [4.69, 9.17) is 48.4 Å². The van der Waals surface area contributed by atoms with Crippen LogP contribution >= 0.6 is 0 Å². The van der Waals surface area contributed by atoms with Crippen LogP contribution in [0.1, 0.15) is 96.8 Å². The molecule has 0 aliphatic heterocycles. The third kappa shape index (κ3) is 41.6. The molecule has 0 aliphatic carbocycles. The minimum atomic E-state index is 0.533. The van der Waals surface area contributed by atoms with Crippen molar-refractivity contribution in [2.45, 2.75) is 96.8 Å². The van der Waals surface area contributed by atoms with E-state index in [1.54, 1.807) is 0 Å². The minimum Gasteiger partial charge on any atom is -0.379 e. The van der Waals surface area contributed by atoms with Crippen LogP contribution in [0, 0.1) is 0 Å². The van der Waals surface area contributed by atoms with Crippen LogP contribution in [-0.2, 0) is 42.6 Å². The molecule has 266 valence electrons. The van der Waals surface area contributed by atoms with Gasteiger partial charge in [-0.2, -0.15) is 0 Å². The SMILES string of the molecule is CCCCCCCCCCCCCCCCOCCOCCOCCOCCOCCOCCOCCOCCOCCN. The molecule has 0 aromatic rings. The summed E-state index contributed by atoms with van der Waals surface area (Å²) in [7, 11) is 0. The zero-order chi connectivity index (χ0) is 31.7. The zero-order valence-electron chi connectivity index (χ0n) is 28.6. The van der Waals surface area contributed by atoms with Crippen molar-refractivity contribution in [1.29, 1.82) is 0 Å². The minimum absolute atomic E-state index is 0.533. The quantitative estimate of drug-likeness (QED) is 0.0854. The van der Waals surface area contributed by atoms with Crippen molar-refractivity contribution in [3.8, 4) is 0 Å². The lowest BCUT2D eigenvalue weighted by Crippen LogP contribution is -2.15. The summed E-state index contributed by atoms with van der Waals surface area (Å²) >= 11 is 0. The molecule has 0 rings (SSSR count). The van der Waals surface area contributed by atoms with E-state index in [1.165, 1.54) is 83.5 Å². The van der Waals surface area contributed by atoms with Crippen LogP contribution < -0.4 is 5.73 Å². The van der Waals surface area contributed by atoms with Crippen molar-refractivity contribution in [1.82, 2.24) is 0 Å². The molecule has 0 bridgehead atoms. The lowest BCUT2D eigenvalue weighted by atomic mass is 10.0. The summed E-state index contributed by atoms with van der Waals surface area (Å²) in [6, 6.07) is 0. The fourth-order valence-corrected chi connectivity index (χ4v) is 4.34. The third-order valence-electron chi connectivity index (χ3n) is 6.88. The molecule has 44 heavy (non-hydrogen) atoms. The highest BCUT2D eigenvalue weighted by Crippen LogP contribution is 2.12. The van der Waals surface area contributed by atoms with Gasteiger partial charge in [0.05, 0.1) is 112 Å². The fourth-order valence-electron chi connectivity index (χ4n) is 4.34. The van der Waals surface area contributed by atoms with Crippen LogP contribution in [0.5, 0.6) is 0 Å². The van der Waals surface area contributed by atoms with Gasteiger partial charge in [0.25, 0.3) is 0 Å². The van der Waals surface area contributed by atoms with Gasteiger partial charge in [0.2, 0.25) is 0 Å². The lowest BCUT2D eigenvalue weighted by molar-refractivity contribution is -0.0249. The fraction of sp³-hybridized carbons (Fsp3) is 1.00. The Labute approximate surface area is 270 Å². The van der Waals surface area contributed by atoms with E-state index in [0.717, 1.165) is 13.0 Å². The Kier molecular flexibility index (Phi) is 42.2. The largest absolute Gasteiger partial charge is 0.379 e. The molecule has 0 amide bonds. The molecule has 0 aromatic heterocycles. The molecule has 0 fully saturated rings. The maximum absolute atomic E-state index is 5.67. The molecule has 2 N–H and O–H groups in total. The van der Waals surface area contributed by atoms with Crippen LogP contribution in [0.25, 0.3) is 0 Å². The van der Waals surface area contributed by atoms with Crippen LogP contribution in [0.2, 0.25) is 0 Å². The summed E-state index contributed by atoms with van der Waals surface area (Å²) in [5, 5.41) is 0. The number of nitrogens with two attached hydrogens (primary N) is 1. The standard InChI is InChI=1S/C34H71NO9/c1-2-3-4-5-6-7-8-9-10-11-12-13-14-15-17-36-19-21-38-23-25-40-27-29-42-31-33-44-34-32-43-30-28-41-26-24-39-22-20-37-18-16-35/h2-35H2,1H3. The molecule has 10 heteroatoms. The Bertz CT molecular complexity index is 450. The Morgan fingerprint density at radius 1 is 0.250 bits per heavy atom. The molecule has 0 atom stereocenters. The van der Waals surface area contributed by atoms with Crippen molar-refractivity contribution < 1.29 is 42.6 Å². The van der Waals surface area contributed by atoms with Crippen LogP contribution in [0.15, 0.2) is 0 Å². The second kappa shape index (κ2) is 42.6. The van der Waals surface area contributed by atoms with Crippen molar-refractivity contribution in [3.63, 3.8) is 0 Å². The average molecular weight is 638 g/mol. The van der Waals surface area contributed by atoms with Gasteiger partial charge in [-0.15, -0.1) is 0 Å². The topological polar surface area (TPSA) is 109 Å². The third-order valence-corrected chi connectivity index (χ3v) is 6.88. The maximum atomic E-state index is 5.67. The highest BCUT2D eigenvalue weighted by molar-refractivity contribution is 4.49. The second-order valence-corrected chi connectivity index (χ2v) is 10.9. The van der Waals surface area contributed by atoms with E-state index in [1.807, 2.05) is 0 Å². The van der Waals surface area contributed by atoms with Crippen LogP contribution in [-0.4, -0.2) is 125 Å². The first-order valence-corrected chi connectivity index (χ1v) is 17.8. The molecular weight excluding hydrogens is 566 g/mol. The molecular formula is C34H71NO9. The summed E-state index contributed by atoms with van der Waals surface area (Å²) in [5.74, 6) is 0. The highest BCUT2D eigenvalue weighted by Gasteiger charge is 1.97. The smallest absolute Gasteiger partial charge is 0.0701 e. The van der Waals surface area contributed by atoms with E-state index in [9.17, 15) is 0 Å². The van der Waals surface area contributed by atoms with Gasteiger partial charge in [-0.25, -0.2) is 0 Å². The van der Waals surface area contributed by atoms with Crippen LogP contribution in [0.4, 0.5) is 0 Å². The molecule has 0 aromatic carbocycles. The summed E-state index contributed by atoms with van der Waals surface area (Å²) in [6.45, 7) is 13.1. The Hall–Kier alpha value is -0.400. The van der Waals surface area contributed by atoms with Gasteiger partial charge in [0.15, 0.2) is 0 Å². The predicted molar refractivity (Wildman–Crippen MR) is 177 cm³/mol. The molecule has 0 saturated heterocycles. The first-order valence-electron chi connectivity index (χ1n) is 17.8. The summed E-state index contributed by atoms with van der Waals surface area (Å²) < 4.78 is 49.2. The number of hydrogen-bond donors (Lipinski definition) is 1. The zero-order valence-corrected chi connectivity index (χ0v) is 28.6. The Morgan fingerprint density at radius 2 is 0.455 bits per heavy atom. The van der Waals surface area contributed by atoms with Crippen molar-refractivity contribution in [2.24, 2.45) is 5.73 Å². The Morgan fingerprint density at radius 3 is 0.705 bits per heavy atom. The molecule has 0 radical (unpaired) electrons. The molecule has 0 aliphatic rings. The highest BCUT2D eigenvalue weighted by atomic mass is 16.6. The monoisotopic (exact) mass is 638 g/mol. The normalized spacial score (nSPS) is 11.6. The van der Waals surface area contributed by atoms with Crippen molar-refractivity contribution in [3.05, 3.63) is 0 Å². The number of hydrogen-bond acceptors (Lipinski definition) is 10. The van der Waals surface area contributed by atoms with E-state index in [0.29, 0.717) is 119 Å². The van der Waals surface area contributed by atoms with Gasteiger partial charge in [0.1, 0.15) is 0 Å². The maximum Gasteiger partial charge on any atom is 0.0701 e. The van der Waals surface area contributed by atoms with Gasteiger partial charge in [-0.05, 0) is 6.42 Å². The summed E-state index contributed by atoms with van der Waals surface area (Å²) in [5.41, 5.74) is 5.34. The molecule has 10 nitrogen and oxygen atoms in total. The second-order valence-electron chi connectivity index (χ2n) is 10.9. The average Bonchev–Trinajstić information content (AvgIpc) is 3.04. The lowest BCUT2D eigenvalue weighted by Gasteiger charge is -2.09. The van der Waals surface area contributed by atoms with E-state index < -0.39 is 0 Å². The van der Waals surface area contributed by atoms with Crippen molar-refractivity contribution in [2.75, 3.05) is 125 Å². The molecule has 0 saturated carbocycles.